The second-order valence-corrected chi connectivity index (χ2v) is 6.32. The van der Waals surface area contributed by atoms with Crippen LogP contribution in [0.5, 0.6) is 0 Å². The third-order valence-corrected chi connectivity index (χ3v) is 4.04. The Labute approximate surface area is 146 Å². The zero-order chi connectivity index (χ0) is 17.5. The molecular formula is C17H20Cl2O4. The first-order valence-corrected chi connectivity index (χ1v) is 7.99. The molecule has 0 N–H and O–H groups in total. The monoisotopic (exact) mass is 358 g/mol. The quantitative estimate of drug-likeness (QED) is 0.408. The number of esters is 2. The molecule has 0 radical (unpaired) electrons. The van der Waals surface area contributed by atoms with Crippen molar-refractivity contribution in [2.45, 2.75) is 27.2 Å². The van der Waals surface area contributed by atoms with Gasteiger partial charge in [0.1, 0.15) is 13.2 Å². The van der Waals surface area contributed by atoms with Crippen molar-refractivity contribution in [1.29, 1.82) is 0 Å². The summed E-state index contributed by atoms with van der Waals surface area (Å²) in [6.07, 6.45) is 3.39. The molecule has 126 valence electrons. The summed E-state index contributed by atoms with van der Waals surface area (Å²) in [6.45, 7) is 5.53. The molecule has 1 rings (SSSR count). The van der Waals surface area contributed by atoms with Crippen molar-refractivity contribution in [2.75, 3.05) is 13.2 Å². The maximum absolute atomic E-state index is 11.7. The lowest BCUT2D eigenvalue weighted by Crippen LogP contribution is -2.27. The first-order valence-electron chi connectivity index (χ1n) is 7.24. The summed E-state index contributed by atoms with van der Waals surface area (Å²) in [6, 6.07) is 5.06. The second kappa shape index (κ2) is 8.94. The Morgan fingerprint density at radius 1 is 1.13 bits per heavy atom. The predicted molar refractivity (Wildman–Crippen MR) is 91.5 cm³/mol. The number of halogens is 2. The number of carbonyl (C=O) groups excluding carboxylic acids is 2. The zero-order valence-electron chi connectivity index (χ0n) is 13.4. The van der Waals surface area contributed by atoms with Gasteiger partial charge < -0.3 is 9.47 Å². The van der Waals surface area contributed by atoms with Gasteiger partial charge in [-0.3, -0.25) is 4.79 Å². The molecule has 0 bridgehead atoms. The highest BCUT2D eigenvalue weighted by Gasteiger charge is 2.26. The normalized spacial score (nSPS) is 11.5. The van der Waals surface area contributed by atoms with Gasteiger partial charge in [-0.25, -0.2) is 4.79 Å². The van der Waals surface area contributed by atoms with Crippen molar-refractivity contribution in [1.82, 2.24) is 0 Å². The molecule has 1 aromatic rings. The van der Waals surface area contributed by atoms with Crippen LogP contribution in [0.2, 0.25) is 10.0 Å². The van der Waals surface area contributed by atoms with E-state index >= 15 is 0 Å². The van der Waals surface area contributed by atoms with Crippen molar-refractivity contribution in [3.63, 3.8) is 0 Å². The van der Waals surface area contributed by atoms with Crippen molar-refractivity contribution in [2.24, 2.45) is 5.41 Å². The van der Waals surface area contributed by atoms with Crippen LogP contribution in [-0.4, -0.2) is 25.2 Å². The van der Waals surface area contributed by atoms with Crippen molar-refractivity contribution in [3.8, 4) is 0 Å². The molecule has 0 atom stereocenters. The van der Waals surface area contributed by atoms with Gasteiger partial charge in [0.25, 0.3) is 0 Å². The van der Waals surface area contributed by atoms with Gasteiger partial charge >= 0.3 is 11.9 Å². The van der Waals surface area contributed by atoms with E-state index in [1.54, 1.807) is 32.0 Å². The van der Waals surface area contributed by atoms with Crippen LogP contribution in [0.1, 0.15) is 32.8 Å². The summed E-state index contributed by atoms with van der Waals surface area (Å²) < 4.78 is 10.0. The van der Waals surface area contributed by atoms with E-state index in [4.69, 9.17) is 32.7 Å². The molecule has 0 aliphatic carbocycles. The molecule has 0 heterocycles. The molecular weight excluding hydrogens is 339 g/mol. The number of rotatable bonds is 7. The highest BCUT2D eigenvalue weighted by Crippen LogP contribution is 2.25. The summed E-state index contributed by atoms with van der Waals surface area (Å²) >= 11 is 12.0. The van der Waals surface area contributed by atoms with E-state index in [9.17, 15) is 9.59 Å². The van der Waals surface area contributed by atoms with Gasteiger partial charge in [-0.15, -0.1) is 0 Å². The summed E-state index contributed by atoms with van der Waals surface area (Å²) in [7, 11) is 0. The highest BCUT2D eigenvalue weighted by molar-refractivity contribution is 6.37. The Hall–Kier alpha value is -1.52. The molecule has 23 heavy (non-hydrogen) atoms. The Balaban J connectivity index is 2.41. The van der Waals surface area contributed by atoms with Crippen LogP contribution < -0.4 is 0 Å². The average Bonchev–Trinajstić information content (AvgIpc) is 2.50. The molecule has 0 amide bonds. The Morgan fingerprint density at radius 2 is 1.70 bits per heavy atom. The standard InChI is InChI=1S/C17H20Cl2O4/c1-4-17(2,3)16(21)23-11-10-22-15(20)9-8-12-13(18)6-5-7-14(12)19/h5-9H,4,10-11H2,1-3H3/b9-8+. The Kier molecular flexibility index (Phi) is 7.59. The number of carbonyl (C=O) groups is 2. The third-order valence-electron chi connectivity index (χ3n) is 3.38. The molecule has 6 heteroatoms. The fraction of sp³-hybridized carbons (Fsp3) is 0.412. The van der Waals surface area contributed by atoms with Crippen LogP contribution in [0.15, 0.2) is 24.3 Å². The predicted octanol–water partition coefficient (Wildman–Crippen LogP) is 4.53. The van der Waals surface area contributed by atoms with Crippen LogP contribution >= 0.6 is 23.2 Å². The fourth-order valence-electron chi connectivity index (χ4n) is 1.49. The van der Waals surface area contributed by atoms with E-state index < -0.39 is 11.4 Å². The van der Waals surface area contributed by atoms with Gasteiger partial charge in [-0.2, -0.15) is 0 Å². The number of hydrogen-bond acceptors (Lipinski definition) is 4. The molecule has 4 nitrogen and oxygen atoms in total. The maximum atomic E-state index is 11.7. The first-order chi connectivity index (χ1) is 10.8. The zero-order valence-corrected chi connectivity index (χ0v) is 14.9. The summed E-state index contributed by atoms with van der Waals surface area (Å²) in [5.41, 5.74) is 0.00830. The minimum Gasteiger partial charge on any atom is -0.462 e. The molecule has 0 saturated heterocycles. The molecule has 1 aromatic carbocycles. The smallest absolute Gasteiger partial charge is 0.330 e. The van der Waals surface area contributed by atoms with Gasteiger partial charge in [-0.1, -0.05) is 36.2 Å². The molecule has 0 unspecified atom stereocenters. The lowest BCUT2D eigenvalue weighted by molar-refractivity contribution is -0.157. The molecule has 0 fully saturated rings. The second-order valence-electron chi connectivity index (χ2n) is 5.51. The van der Waals surface area contributed by atoms with Crippen LogP contribution in [0.4, 0.5) is 0 Å². The molecule has 0 saturated carbocycles. The lowest BCUT2D eigenvalue weighted by Gasteiger charge is -2.20. The van der Waals surface area contributed by atoms with E-state index in [-0.39, 0.29) is 19.2 Å². The Bertz CT molecular complexity index is 574. The fourth-order valence-corrected chi connectivity index (χ4v) is 2.01. The van der Waals surface area contributed by atoms with E-state index in [0.29, 0.717) is 22.0 Å². The van der Waals surface area contributed by atoms with Crippen LogP contribution in [0, 0.1) is 5.41 Å². The van der Waals surface area contributed by atoms with Crippen molar-refractivity contribution in [3.05, 3.63) is 39.9 Å². The minimum absolute atomic E-state index is 0.00897. The average molecular weight is 359 g/mol. The molecule has 0 spiro atoms. The van der Waals surface area contributed by atoms with E-state index in [1.807, 2.05) is 6.92 Å². The molecule has 0 aliphatic heterocycles. The van der Waals surface area contributed by atoms with Crippen LogP contribution in [-0.2, 0) is 19.1 Å². The first kappa shape index (κ1) is 19.5. The lowest BCUT2D eigenvalue weighted by atomic mass is 9.91. The van der Waals surface area contributed by atoms with Crippen molar-refractivity contribution < 1.29 is 19.1 Å². The number of benzene rings is 1. The topological polar surface area (TPSA) is 52.6 Å². The van der Waals surface area contributed by atoms with E-state index in [0.717, 1.165) is 0 Å². The van der Waals surface area contributed by atoms with Gasteiger partial charge in [0, 0.05) is 21.7 Å². The van der Waals surface area contributed by atoms with Crippen LogP contribution in [0.3, 0.4) is 0 Å². The summed E-state index contributed by atoms with van der Waals surface area (Å²) in [5.74, 6) is -0.874. The maximum Gasteiger partial charge on any atom is 0.330 e. The largest absolute Gasteiger partial charge is 0.462 e. The van der Waals surface area contributed by atoms with E-state index in [1.165, 1.54) is 12.2 Å². The van der Waals surface area contributed by atoms with Crippen molar-refractivity contribution >= 4 is 41.2 Å². The van der Waals surface area contributed by atoms with Gasteiger partial charge in [0.05, 0.1) is 5.41 Å². The van der Waals surface area contributed by atoms with Gasteiger partial charge in [0.2, 0.25) is 0 Å². The third kappa shape index (κ3) is 6.24. The minimum atomic E-state index is -0.563. The SMILES string of the molecule is CCC(C)(C)C(=O)OCCOC(=O)/C=C/c1c(Cl)cccc1Cl. The summed E-state index contributed by atoms with van der Waals surface area (Å²) in [5, 5.41) is 0.884. The highest BCUT2D eigenvalue weighted by atomic mass is 35.5. The summed E-state index contributed by atoms with van der Waals surface area (Å²) in [4.78, 5) is 23.3. The number of ether oxygens (including phenoxy) is 2. The van der Waals surface area contributed by atoms with E-state index in [2.05, 4.69) is 0 Å². The van der Waals surface area contributed by atoms with Crippen LogP contribution in [0.25, 0.3) is 6.08 Å². The van der Waals surface area contributed by atoms with Gasteiger partial charge in [0.15, 0.2) is 0 Å². The molecule has 0 aliphatic rings. The Morgan fingerprint density at radius 3 is 2.26 bits per heavy atom. The van der Waals surface area contributed by atoms with Gasteiger partial charge in [-0.05, 0) is 38.5 Å². The number of hydrogen-bond donors (Lipinski definition) is 0. The molecule has 0 aromatic heterocycles.